The smallest absolute Gasteiger partial charge is 0.253 e. The van der Waals surface area contributed by atoms with E-state index in [0.717, 1.165) is 24.0 Å². The summed E-state index contributed by atoms with van der Waals surface area (Å²) in [7, 11) is 0. The summed E-state index contributed by atoms with van der Waals surface area (Å²) in [6.07, 6.45) is 1.52. The molecular formula is C18H24N2O3. The van der Waals surface area contributed by atoms with Gasteiger partial charge in [0.05, 0.1) is 13.2 Å². The van der Waals surface area contributed by atoms with Crippen LogP contribution in [0.15, 0.2) is 24.3 Å². The first kappa shape index (κ1) is 16.0. The van der Waals surface area contributed by atoms with Crippen molar-refractivity contribution < 1.29 is 14.3 Å². The largest absolute Gasteiger partial charge is 0.378 e. The molecule has 124 valence electrons. The minimum atomic E-state index is 0.0506. The van der Waals surface area contributed by atoms with Gasteiger partial charge in [0.1, 0.15) is 0 Å². The number of morpholine rings is 1. The van der Waals surface area contributed by atoms with Crippen LogP contribution in [0.1, 0.15) is 28.8 Å². The number of hydrogen-bond acceptors (Lipinski definition) is 3. The van der Waals surface area contributed by atoms with Gasteiger partial charge in [0.2, 0.25) is 5.91 Å². The fourth-order valence-corrected chi connectivity index (χ4v) is 3.33. The lowest BCUT2D eigenvalue weighted by Gasteiger charge is -2.35. The summed E-state index contributed by atoms with van der Waals surface area (Å²) >= 11 is 0. The van der Waals surface area contributed by atoms with Crippen LogP contribution in [-0.4, -0.2) is 61.0 Å². The summed E-state index contributed by atoms with van der Waals surface area (Å²) in [5.41, 5.74) is 1.83. The van der Waals surface area contributed by atoms with Crippen molar-refractivity contribution in [3.63, 3.8) is 0 Å². The Morgan fingerprint density at radius 3 is 2.39 bits per heavy atom. The first-order valence-electron chi connectivity index (χ1n) is 8.37. The molecule has 5 heteroatoms. The quantitative estimate of drug-likeness (QED) is 0.834. The molecule has 5 nitrogen and oxygen atoms in total. The molecule has 1 aromatic carbocycles. The maximum Gasteiger partial charge on any atom is 0.253 e. The van der Waals surface area contributed by atoms with Gasteiger partial charge in [-0.05, 0) is 31.9 Å². The van der Waals surface area contributed by atoms with Gasteiger partial charge in [0.25, 0.3) is 5.91 Å². The monoisotopic (exact) mass is 316 g/mol. The van der Waals surface area contributed by atoms with Crippen molar-refractivity contribution in [2.24, 2.45) is 5.92 Å². The summed E-state index contributed by atoms with van der Waals surface area (Å²) in [4.78, 5) is 28.8. The second-order valence-corrected chi connectivity index (χ2v) is 6.37. The molecule has 0 unspecified atom stereocenters. The molecule has 0 aromatic heterocycles. The fraction of sp³-hybridized carbons (Fsp3) is 0.556. The Morgan fingerprint density at radius 1 is 1.04 bits per heavy atom. The lowest BCUT2D eigenvalue weighted by atomic mass is 9.94. The average Bonchev–Trinajstić information content (AvgIpc) is 2.61. The van der Waals surface area contributed by atoms with E-state index in [1.807, 2.05) is 41.0 Å². The molecule has 1 aromatic rings. The third-order valence-electron chi connectivity index (χ3n) is 4.72. The number of carbonyl (C=O) groups excluding carboxylic acids is 2. The van der Waals surface area contributed by atoms with E-state index >= 15 is 0 Å². The Balaban J connectivity index is 1.55. The number of ether oxygens (including phenoxy) is 1. The Labute approximate surface area is 137 Å². The van der Waals surface area contributed by atoms with Crippen LogP contribution in [0.5, 0.6) is 0 Å². The van der Waals surface area contributed by atoms with Crippen LogP contribution in [0.4, 0.5) is 0 Å². The van der Waals surface area contributed by atoms with Gasteiger partial charge in [-0.3, -0.25) is 9.59 Å². The first-order valence-corrected chi connectivity index (χ1v) is 8.37. The molecule has 2 aliphatic rings. The van der Waals surface area contributed by atoms with Crippen LogP contribution in [0.2, 0.25) is 0 Å². The van der Waals surface area contributed by atoms with Gasteiger partial charge in [0.15, 0.2) is 0 Å². The maximum absolute atomic E-state index is 12.5. The van der Waals surface area contributed by atoms with Crippen LogP contribution >= 0.6 is 0 Å². The molecule has 2 saturated heterocycles. The standard InChI is InChI=1S/C18H24N2O3/c1-14-3-2-4-16(13-14)18(22)19-7-5-15(6-8-19)17(21)20-9-11-23-12-10-20/h2-4,13,15H,5-12H2,1H3. The lowest BCUT2D eigenvalue weighted by molar-refractivity contribution is -0.141. The number of nitrogens with zero attached hydrogens (tertiary/aromatic N) is 2. The summed E-state index contributed by atoms with van der Waals surface area (Å²) in [5.74, 6) is 0.358. The molecule has 2 amide bonds. The van der Waals surface area contributed by atoms with E-state index in [-0.39, 0.29) is 17.7 Å². The van der Waals surface area contributed by atoms with E-state index in [1.54, 1.807) is 0 Å². The summed E-state index contributed by atoms with van der Waals surface area (Å²) in [6.45, 7) is 5.97. The van der Waals surface area contributed by atoms with Crippen molar-refractivity contribution in [1.29, 1.82) is 0 Å². The second-order valence-electron chi connectivity index (χ2n) is 6.37. The highest BCUT2D eigenvalue weighted by atomic mass is 16.5. The Morgan fingerprint density at radius 2 is 1.74 bits per heavy atom. The maximum atomic E-state index is 12.5. The third-order valence-corrected chi connectivity index (χ3v) is 4.72. The van der Waals surface area contributed by atoms with Crippen LogP contribution in [0.3, 0.4) is 0 Å². The molecule has 0 radical (unpaired) electrons. The number of benzene rings is 1. The lowest BCUT2D eigenvalue weighted by Crippen LogP contribution is -2.47. The molecule has 0 saturated carbocycles. The molecule has 0 spiro atoms. The minimum absolute atomic E-state index is 0.0506. The van der Waals surface area contributed by atoms with Gasteiger partial charge in [-0.1, -0.05) is 17.7 Å². The number of likely N-dealkylation sites (tertiary alicyclic amines) is 1. The number of aryl methyl sites for hydroxylation is 1. The number of carbonyl (C=O) groups is 2. The zero-order valence-corrected chi connectivity index (χ0v) is 13.7. The molecule has 2 heterocycles. The van der Waals surface area contributed by atoms with Gasteiger partial charge in [-0.15, -0.1) is 0 Å². The van der Waals surface area contributed by atoms with E-state index in [2.05, 4.69) is 0 Å². The third kappa shape index (κ3) is 3.72. The second kappa shape index (κ2) is 7.13. The Bertz CT molecular complexity index is 573. The van der Waals surface area contributed by atoms with E-state index in [1.165, 1.54) is 0 Å². The van der Waals surface area contributed by atoms with Crippen molar-refractivity contribution in [3.05, 3.63) is 35.4 Å². The van der Waals surface area contributed by atoms with Gasteiger partial charge in [-0.2, -0.15) is 0 Å². The summed E-state index contributed by atoms with van der Waals surface area (Å²) in [5, 5.41) is 0. The van der Waals surface area contributed by atoms with Crippen LogP contribution < -0.4 is 0 Å². The molecule has 0 N–H and O–H groups in total. The topological polar surface area (TPSA) is 49.9 Å². The fourth-order valence-electron chi connectivity index (χ4n) is 3.33. The summed E-state index contributed by atoms with van der Waals surface area (Å²) < 4.78 is 5.30. The van der Waals surface area contributed by atoms with Crippen LogP contribution in [0, 0.1) is 12.8 Å². The molecule has 0 aliphatic carbocycles. The van der Waals surface area contributed by atoms with E-state index in [4.69, 9.17) is 4.74 Å². The van der Waals surface area contributed by atoms with Crippen LogP contribution in [0.25, 0.3) is 0 Å². The number of hydrogen-bond donors (Lipinski definition) is 0. The Hall–Kier alpha value is -1.88. The highest BCUT2D eigenvalue weighted by Gasteiger charge is 2.31. The molecule has 23 heavy (non-hydrogen) atoms. The number of rotatable bonds is 2. The average molecular weight is 316 g/mol. The van der Waals surface area contributed by atoms with Crippen molar-refractivity contribution in [1.82, 2.24) is 9.80 Å². The van der Waals surface area contributed by atoms with Gasteiger partial charge in [0, 0.05) is 37.7 Å². The van der Waals surface area contributed by atoms with Crippen molar-refractivity contribution in [3.8, 4) is 0 Å². The van der Waals surface area contributed by atoms with Gasteiger partial charge < -0.3 is 14.5 Å². The van der Waals surface area contributed by atoms with E-state index in [9.17, 15) is 9.59 Å². The SMILES string of the molecule is Cc1cccc(C(=O)N2CCC(C(=O)N3CCOCC3)CC2)c1. The predicted octanol–water partition coefficient (Wildman–Crippen LogP) is 1.71. The van der Waals surface area contributed by atoms with E-state index in [0.29, 0.717) is 39.4 Å². The van der Waals surface area contributed by atoms with Crippen LogP contribution in [-0.2, 0) is 9.53 Å². The predicted molar refractivity (Wildman–Crippen MR) is 87.2 cm³/mol. The first-order chi connectivity index (χ1) is 11.1. The van der Waals surface area contributed by atoms with Gasteiger partial charge in [-0.25, -0.2) is 0 Å². The number of piperidine rings is 1. The highest BCUT2D eigenvalue weighted by molar-refractivity contribution is 5.94. The van der Waals surface area contributed by atoms with Crippen molar-refractivity contribution >= 4 is 11.8 Å². The molecule has 3 rings (SSSR count). The number of amides is 2. The van der Waals surface area contributed by atoms with Crippen molar-refractivity contribution in [2.45, 2.75) is 19.8 Å². The molecule has 0 atom stereocenters. The van der Waals surface area contributed by atoms with Gasteiger partial charge >= 0.3 is 0 Å². The van der Waals surface area contributed by atoms with E-state index < -0.39 is 0 Å². The normalized spacial score (nSPS) is 19.7. The molecule has 2 aliphatic heterocycles. The Kier molecular flexibility index (Phi) is 4.96. The minimum Gasteiger partial charge on any atom is -0.378 e. The van der Waals surface area contributed by atoms with Crippen molar-refractivity contribution in [2.75, 3.05) is 39.4 Å². The zero-order valence-electron chi connectivity index (χ0n) is 13.7. The molecule has 2 fully saturated rings. The highest BCUT2D eigenvalue weighted by Crippen LogP contribution is 2.22. The molecular weight excluding hydrogens is 292 g/mol. The molecule has 0 bridgehead atoms. The zero-order chi connectivity index (χ0) is 16.2. The summed E-state index contributed by atoms with van der Waals surface area (Å²) in [6, 6.07) is 7.69.